The number of hydrogen-bond acceptors (Lipinski definition) is 3. The van der Waals surface area contributed by atoms with Crippen LogP contribution in [0.5, 0.6) is 5.75 Å². The molecule has 0 saturated carbocycles. The van der Waals surface area contributed by atoms with Gasteiger partial charge in [0, 0.05) is 29.4 Å². The van der Waals surface area contributed by atoms with Crippen molar-refractivity contribution in [1.29, 1.82) is 0 Å². The molecular formula is C16H19ClN2O. The van der Waals surface area contributed by atoms with Crippen molar-refractivity contribution in [1.82, 2.24) is 4.90 Å². The number of halogens is 1. The molecule has 0 aliphatic rings. The van der Waals surface area contributed by atoms with Gasteiger partial charge in [-0.05, 0) is 42.9 Å². The molecule has 0 unspecified atom stereocenters. The third kappa shape index (κ3) is 3.89. The Kier molecular flexibility index (Phi) is 4.88. The van der Waals surface area contributed by atoms with Crippen molar-refractivity contribution in [3.63, 3.8) is 0 Å². The van der Waals surface area contributed by atoms with Crippen molar-refractivity contribution in [3.05, 3.63) is 58.6 Å². The Morgan fingerprint density at radius 3 is 2.45 bits per heavy atom. The maximum absolute atomic E-state index is 6.05. The Labute approximate surface area is 124 Å². The highest BCUT2D eigenvalue weighted by Gasteiger charge is 2.08. The molecule has 2 aromatic rings. The van der Waals surface area contributed by atoms with E-state index in [2.05, 4.69) is 11.9 Å². The number of ether oxygens (including phenoxy) is 1. The van der Waals surface area contributed by atoms with Crippen LogP contribution >= 0.6 is 11.6 Å². The largest absolute Gasteiger partial charge is 0.496 e. The molecule has 0 aliphatic heterocycles. The van der Waals surface area contributed by atoms with Crippen LogP contribution in [0.1, 0.15) is 11.1 Å². The van der Waals surface area contributed by atoms with Crippen LogP contribution in [0, 0.1) is 0 Å². The minimum atomic E-state index is 0.724. The van der Waals surface area contributed by atoms with E-state index in [1.54, 1.807) is 7.11 Å². The van der Waals surface area contributed by atoms with Gasteiger partial charge in [0.05, 0.1) is 7.11 Å². The fourth-order valence-electron chi connectivity index (χ4n) is 2.15. The van der Waals surface area contributed by atoms with Gasteiger partial charge in [-0.15, -0.1) is 0 Å². The number of nitrogens with zero attached hydrogens (tertiary/aromatic N) is 1. The van der Waals surface area contributed by atoms with Crippen LogP contribution in [0.15, 0.2) is 42.5 Å². The highest BCUT2D eigenvalue weighted by atomic mass is 35.5. The fourth-order valence-corrected chi connectivity index (χ4v) is 2.35. The van der Waals surface area contributed by atoms with Crippen LogP contribution in [0.4, 0.5) is 5.69 Å². The predicted octanol–water partition coefficient (Wildman–Crippen LogP) is 3.56. The smallest absolute Gasteiger partial charge is 0.123 e. The molecule has 2 rings (SSSR count). The molecule has 0 atom stereocenters. The summed E-state index contributed by atoms with van der Waals surface area (Å²) in [6.07, 6.45) is 0. The average molecular weight is 291 g/mol. The lowest BCUT2D eigenvalue weighted by atomic mass is 10.1. The summed E-state index contributed by atoms with van der Waals surface area (Å²) in [6.45, 7) is 1.62. The first-order valence-electron chi connectivity index (χ1n) is 6.44. The van der Waals surface area contributed by atoms with Crippen LogP contribution in [-0.4, -0.2) is 19.1 Å². The lowest BCUT2D eigenvalue weighted by Gasteiger charge is -2.18. The molecule has 0 heterocycles. The number of rotatable bonds is 5. The Balaban J connectivity index is 2.05. The number of benzene rings is 2. The van der Waals surface area contributed by atoms with Gasteiger partial charge in [0.25, 0.3) is 0 Å². The molecule has 2 N–H and O–H groups in total. The van der Waals surface area contributed by atoms with Gasteiger partial charge in [0.2, 0.25) is 0 Å². The first kappa shape index (κ1) is 14.7. The summed E-state index contributed by atoms with van der Waals surface area (Å²) in [5, 5.41) is 0.724. The van der Waals surface area contributed by atoms with Crippen LogP contribution in [0.3, 0.4) is 0 Å². The summed E-state index contributed by atoms with van der Waals surface area (Å²) in [5.74, 6) is 0.860. The number of methoxy groups -OCH3 is 1. The first-order valence-corrected chi connectivity index (χ1v) is 6.81. The molecular weight excluding hydrogens is 272 g/mol. The van der Waals surface area contributed by atoms with Gasteiger partial charge in [-0.1, -0.05) is 23.7 Å². The molecule has 2 aromatic carbocycles. The molecule has 0 saturated heterocycles. The molecule has 0 radical (unpaired) electrons. The van der Waals surface area contributed by atoms with Crippen LogP contribution in [0.25, 0.3) is 0 Å². The Morgan fingerprint density at radius 1 is 1.10 bits per heavy atom. The zero-order valence-electron chi connectivity index (χ0n) is 11.8. The molecule has 0 aliphatic carbocycles. The summed E-state index contributed by atoms with van der Waals surface area (Å²) in [5.41, 5.74) is 8.78. The number of nitrogen functional groups attached to an aromatic ring is 1. The minimum absolute atomic E-state index is 0.724. The van der Waals surface area contributed by atoms with Crippen molar-refractivity contribution in [2.45, 2.75) is 13.1 Å². The Morgan fingerprint density at radius 2 is 1.80 bits per heavy atom. The van der Waals surface area contributed by atoms with Gasteiger partial charge in [-0.3, -0.25) is 4.90 Å². The molecule has 0 amide bonds. The Bertz CT molecular complexity index is 569. The standard InChI is InChI=1S/C16H19ClN2O/c1-19(10-12-3-6-15(18)7-4-12)11-13-9-14(17)5-8-16(13)20-2/h3-9H,10-11,18H2,1-2H3. The van der Waals surface area contributed by atoms with Gasteiger partial charge < -0.3 is 10.5 Å². The highest BCUT2D eigenvalue weighted by Crippen LogP contribution is 2.24. The molecule has 0 bridgehead atoms. The summed E-state index contributed by atoms with van der Waals surface area (Å²) in [4.78, 5) is 2.21. The third-order valence-corrected chi connectivity index (χ3v) is 3.35. The number of anilines is 1. The van der Waals surface area contributed by atoms with E-state index >= 15 is 0 Å². The van der Waals surface area contributed by atoms with Crippen molar-refractivity contribution in [3.8, 4) is 5.75 Å². The molecule has 4 heteroatoms. The van der Waals surface area contributed by atoms with Gasteiger partial charge in [-0.2, -0.15) is 0 Å². The van der Waals surface area contributed by atoms with E-state index < -0.39 is 0 Å². The molecule has 0 spiro atoms. The fraction of sp³-hybridized carbons (Fsp3) is 0.250. The van der Waals surface area contributed by atoms with Crippen molar-refractivity contribution >= 4 is 17.3 Å². The van der Waals surface area contributed by atoms with E-state index in [1.807, 2.05) is 42.5 Å². The van der Waals surface area contributed by atoms with Crippen molar-refractivity contribution < 1.29 is 4.74 Å². The van der Waals surface area contributed by atoms with Gasteiger partial charge >= 0.3 is 0 Å². The zero-order valence-corrected chi connectivity index (χ0v) is 12.5. The second-order valence-electron chi connectivity index (χ2n) is 4.87. The summed E-state index contributed by atoms with van der Waals surface area (Å²) >= 11 is 6.05. The molecule has 0 fully saturated rings. The van der Waals surface area contributed by atoms with E-state index in [4.69, 9.17) is 22.1 Å². The average Bonchev–Trinajstić information content (AvgIpc) is 2.41. The van der Waals surface area contributed by atoms with Gasteiger partial charge in [-0.25, -0.2) is 0 Å². The molecule has 20 heavy (non-hydrogen) atoms. The highest BCUT2D eigenvalue weighted by molar-refractivity contribution is 6.30. The topological polar surface area (TPSA) is 38.5 Å². The second kappa shape index (κ2) is 6.64. The third-order valence-electron chi connectivity index (χ3n) is 3.11. The Hall–Kier alpha value is -1.71. The maximum atomic E-state index is 6.05. The van der Waals surface area contributed by atoms with Crippen molar-refractivity contribution in [2.75, 3.05) is 19.9 Å². The van der Waals surface area contributed by atoms with E-state index in [1.165, 1.54) is 5.56 Å². The van der Waals surface area contributed by atoms with E-state index in [0.29, 0.717) is 0 Å². The SMILES string of the molecule is COc1ccc(Cl)cc1CN(C)Cc1ccc(N)cc1. The first-order chi connectivity index (χ1) is 9.58. The molecule has 0 aromatic heterocycles. The van der Waals surface area contributed by atoms with Crippen molar-refractivity contribution in [2.24, 2.45) is 0 Å². The summed E-state index contributed by atoms with van der Waals surface area (Å²) < 4.78 is 5.37. The molecule has 3 nitrogen and oxygen atoms in total. The normalized spacial score (nSPS) is 10.8. The van der Waals surface area contributed by atoms with Gasteiger partial charge in [0.15, 0.2) is 0 Å². The number of hydrogen-bond donors (Lipinski definition) is 1. The van der Waals surface area contributed by atoms with Crippen LogP contribution in [-0.2, 0) is 13.1 Å². The van der Waals surface area contributed by atoms with Crippen LogP contribution < -0.4 is 10.5 Å². The van der Waals surface area contributed by atoms with E-state index in [0.717, 1.165) is 35.1 Å². The summed E-state index contributed by atoms with van der Waals surface area (Å²) in [7, 11) is 3.74. The predicted molar refractivity (Wildman–Crippen MR) is 84.0 cm³/mol. The monoisotopic (exact) mass is 290 g/mol. The summed E-state index contributed by atoms with van der Waals surface area (Å²) in [6, 6.07) is 13.6. The second-order valence-corrected chi connectivity index (χ2v) is 5.31. The zero-order chi connectivity index (χ0) is 14.5. The quantitative estimate of drug-likeness (QED) is 0.856. The van der Waals surface area contributed by atoms with Crippen LogP contribution in [0.2, 0.25) is 5.02 Å². The van der Waals surface area contributed by atoms with E-state index in [-0.39, 0.29) is 0 Å². The maximum Gasteiger partial charge on any atom is 0.123 e. The number of nitrogens with two attached hydrogens (primary N) is 1. The lowest BCUT2D eigenvalue weighted by Crippen LogP contribution is -2.17. The van der Waals surface area contributed by atoms with Gasteiger partial charge in [0.1, 0.15) is 5.75 Å². The van der Waals surface area contributed by atoms with E-state index in [9.17, 15) is 0 Å². The molecule has 106 valence electrons. The lowest BCUT2D eigenvalue weighted by molar-refractivity contribution is 0.310. The minimum Gasteiger partial charge on any atom is -0.496 e.